The maximum absolute atomic E-state index is 12.1. The van der Waals surface area contributed by atoms with Crippen LogP contribution in [0.15, 0.2) is 54.6 Å². The molecule has 0 saturated heterocycles. The Labute approximate surface area is 139 Å². The average molecular weight is 311 g/mol. The van der Waals surface area contributed by atoms with Gasteiger partial charge in [0.1, 0.15) is 6.04 Å². The first-order valence-electron chi connectivity index (χ1n) is 8.38. The average Bonchev–Trinajstić information content (AvgIpc) is 2.60. The van der Waals surface area contributed by atoms with E-state index < -0.39 is 0 Å². The van der Waals surface area contributed by atoms with Crippen LogP contribution >= 0.6 is 0 Å². The van der Waals surface area contributed by atoms with Crippen molar-refractivity contribution in [2.24, 2.45) is 0 Å². The Bertz CT molecular complexity index is 607. The first-order chi connectivity index (χ1) is 11.1. The maximum Gasteiger partial charge on any atom is 0.279 e. The van der Waals surface area contributed by atoms with Crippen molar-refractivity contribution < 1.29 is 10.1 Å². The fourth-order valence-corrected chi connectivity index (χ4v) is 2.52. The van der Waals surface area contributed by atoms with E-state index in [4.69, 9.17) is 0 Å². The van der Waals surface area contributed by atoms with Gasteiger partial charge in [-0.25, -0.2) is 0 Å². The predicted molar refractivity (Wildman–Crippen MR) is 95.4 cm³/mol. The van der Waals surface area contributed by atoms with Gasteiger partial charge in [-0.3, -0.25) is 4.79 Å². The SMILES string of the molecule is CC[C@H](C)c1ccc(NC(=O)C[NH2+][C@@H](C)c2ccccc2)cc1. The van der Waals surface area contributed by atoms with E-state index in [9.17, 15) is 4.79 Å². The van der Waals surface area contributed by atoms with E-state index >= 15 is 0 Å². The monoisotopic (exact) mass is 311 g/mol. The molecular weight excluding hydrogens is 284 g/mol. The third-order valence-corrected chi connectivity index (χ3v) is 4.36. The van der Waals surface area contributed by atoms with Crippen molar-refractivity contribution in [3.05, 3.63) is 65.7 Å². The Morgan fingerprint density at radius 2 is 1.65 bits per heavy atom. The molecule has 0 fully saturated rings. The molecule has 2 aromatic rings. The van der Waals surface area contributed by atoms with Gasteiger partial charge in [-0.15, -0.1) is 0 Å². The van der Waals surface area contributed by atoms with Gasteiger partial charge in [0, 0.05) is 11.3 Å². The molecule has 122 valence electrons. The molecule has 0 bridgehead atoms. The van der Waals surface area contributed by atoms with Gasteiger partial charge in [-0.2, -0.15) is 0 Å². The van der Waals surface area contributed by atoms with Crippen LogP contribution in [-0.2, 0) is 4.79 Å². The number of carbonyl (C=O) groups is 1. The highest BCUT2D eigenvalue weighted by molar-refractivity contribution is 5.91. The Kier molecular flexibility index (Phi) is 6.36. The molecule has 3 heteroatoms. The summed E-state index contributed by atoms with van der Waals surface area (Å²) in [5.74, 6) is 0.587. The van der Waals surface area contributed by atoms with Crippen molar-refractivity contribution in [3.63, 3.8) is 0 Å². The minimum atomic E-state index is 0.0315. The number of hydrogen-bond donors (Lipinski definition) is 2. The molecule has 3 N–H and O–H groups in total. The van der Waals surface area contributed by atoms with Crippen LogP contribution in [0.25, 0.3) is 0 Å². The van der Waals surface area contributed by atoms with Crippen LogP contribution in [0.2, 0.25) is 0 Å². The Morgan fingerprint density at radius 3 is 2.26 bits per heavy atom. The third kappa shape index (κ3) is 5.22. The molecule has 0 heterocycles. The van der Waals surface area contributed by atoms with Crippen LogP contribution in [0, 0.1) is 0 Å². The summed E-state index contributed by atoms with van der Waals surface area (Å²) in [6, 6.07) is 18.7. The van der Waals surface area contributed by atoms with Gasteiger partial charge in [0.2, 0.25) is 0 Å². The number of anilines is 1. The van der Waals surface area contributed by atoms with Crippen molar-refractivity contribution in [2.45, 2.75) is 39.2 Å². The lowest BCUT2D eigenvalue weighted by atomic mass is 9.99. The molecule has 23 heavy (non-hydrogen) atoms. The standard InChI is InChI=1S/C20H26N2O/c1-4-15(2)17-10-12-19(13-11-17)22-20(23)14-21-16(3)18-8-6-5-7-9-18/h5-13,15-16,21H,4,14H2,1-3H3,(H,22,23)/p+1/t15-,16-/m0/s1. The van der Waals surface area contributed by atoms with E-state index in [1.165, 1.54) is 11.1 Å². The fraction of sp³-hybridized carbons (Fsp3) is 0.350. The van der Waals surface area contributed by atoms with Gasteiger partial charge in [0.05, 0.1) is 0 Å². The smallest absolute Gasteiger partial charge is 0.279 e. The summed E-state index contributed by atoms with van der Waals surface area (Å²) in [7, 11) is 0. The number of quaternary nitrogens is 1. The first kappa shape index (κ1) is 17.2. The van der Waals surface area contributed by atoms with Gasteiger partial charge in [0.25, 0.3) is 5.91 Å². The number of nitrogens with two attached hydrogens (primary N) is 1. The molecule has 1 amide bonds. The van der Waals surface area contributed by atoms with E-state index in [0.717, 1.165) is 12.1 Å². The number of rotatable bonds is 7. The van der Waals surface area contributed by atoms with E-state index in [1.54, 1.807) is 0 Å². The lowest BCUT2D eigenvalue weighted by Gasteiger charge is -2.12. The van der Waals surface area contributed by atoms with Crippen molar-refractivity contribution in [1.82, 2.24) is 0 Å². The molecule has 0 aliphatic heterocycles. The summed E-state index contributed by atoms with van der Waals surface area (Å²) >= 11 is 0. The fourth-order valence-electron chi connectivity index (χ4n) is 2.52. The second kappa shape index (κ2) is 8.49. The molecular formula is C20H27N2O+. The van der Waals surface area contributed by atoms with Crippen LogP contribution in [0.5, 0.6) is 0 Å². The third-order valence-electron chi connectivity index (χ3n) is 4.36. The van der Waals surface area contributed by atoms with Gasteiger partial charge in [0.15, 0.2) is 6.54 Å². The number of amides is 1. The van der Waals surface area contributed by atoms with Crippen LogP contribution in [0.4, 0.5) is 5.69 Å². The van der Waals surface area contributed by atoms with Crippen molar-refractivity contribution in [1.29, 1.82) is 0 Å². The Hall–Kier alpha value is -2.13. The highest BCUT2D eigenvalue weighted by Crippen LogP contribution is 2.20. The summed E-state index contributed by atoms with van der Waals surface area (Å²) < 4.78 is 0. The summed E-state index contributed by atoms with van der Waals surface area (Å²) in [5, 5.41) is 5.02. The number of nitrogens with one attached hydrogen (secondary N) is 1. The zero-order valence-corrected chi connectivity index (χ0v) is 14.3. The summed E-state index contributed by atoms with van der Waals surface area (Å²) in [5.41, 5.74) is 3.41. The summed E-state index contributed by atoms with van der Waals surface area (Å²) in [6.07, 6.45) is 1.12. The second-order valence-corrected chi connectivity index (χ2v) is 6.12. The molecule has 2 atom stereocenters. The normalized spacial score (nSPS) is 13.3. The van der Waals surface area contributed by atoms with Crippen LogP contribution < -0.4 is 10.6 Å². The largest absolute Gasteiger partial charge is 0.333 e. The number of benzene rings is 2. The summed E-state index contributed by atoms with van der Waals surface area (Å²) in [4.78, 5) is 12.1. The molecule has 0 aliphatic carbocycles. The zero-order valence-electron chi connectivity index (χ0n) is 14.3. The van der Waals surface area contributed by atoms with Gasteiger partial charge in [-0.1, -0.05) is 56.3 Å². The van der Waals surface area contributed by atoms with Gasteiger partial charge >= 0.3 is 0 Å². The molecule has 3 nitrogen and oxygen atoms in total. The lowest BCUT2D eigenvalue weighted by Crippen LogP contribution is -2.86. The van der Waals surface area contributed by atoms with Crippen LogP contribution in [0.3, 0.4) is 0 Å². The van der Waals surface area contributed by atoms with E-state index in [-0.39, 0.29) is 11.9 Å². The van der Waals surface area contributed by atoms with E-state index in [2.05, 4.69) is 55.7 Å². The molecule has 0 aromatic heterocycles. The van der Waals surface area contributed by atoms with Crippen LogP contribution in [0.1, 0.15) is 50.3 Å². The highest BCUT2D eigenvalue weighted by atomic mass is 16.1. The van der Waals surface area contributed by atoms with Crippen LogP contribution in [-0.4, -0.2) is 12.5 Å². The van der Waals surface area contributed by atoms with Gasteiger partial charge < -0.3 is 10.6 Å². The van der Waals surface area contributed by atoms with Crippen molar-refractivity contribution in [3.8, 4) is 0 Å². The lowest BCUT2D eigenvalue weighted by molar-refractivity contribution is -0.682. The molecule has 0 unspecified atom stereocenters. The Morgan fingerprint density at radius 1 is 1.00 bits per heavy atom. The Balaban J connectivity index is 1.83. The van der Waals surface area contributed by atoms with Gasteiger partial charge in [-0.05, 0) is 37.0 Å². The number of carbonyl (C=O) groups excluding carboxylic acids is 1. The van der Waals surface area contributed by atoms with E-state index in [0.29, 0.717) is 12.5 Å². The molecule has 0 saturated carbocycles. The predicted octanol–water partition coefficient (Wildman–Crippen LogP) is 3.46. The molecule has 0 aliphatic rings. The molecule has 2 rings (SSSR count). The first-order valence-corrected chi connectivity index (χ1v) is 8.38. The molecule has 0 spiro atoms. The van der Waals surface area contributed by atoms with Crippen molar-refractivity contribution >= 4 is 11.6 Å². The van der Waals surface area contributed by atoms with E-state index in [1.807, 2.05) is 30.3 Å². The quantitative estimate of drug-likeness (QED) is 0.808. The molecule has 0 radical (unpaired) electrons. The minimum Gasteiger partial charge on any atom is -0.333 e. The topological polar surface area (TPSA) is 45.7 Å². The minimum absolute atomic E-state index is 0.0315. The maximum atomic E-state index is 12.1. The summed E-state index contributed by atoms with van der Waals surface area (Å²) in [6.45, 7) is 6.93. The zero-order chi connectivity index (χ0) is 16.7. The van der Waals surface area contributed by atoms with Crippen molar-refractivity contribution in [2.75, 3.05) is 11.9 Å². The number of hydrogen-bond acceptors (Lipinski definition) is 1. The highest BCUT2D eigenvalue weighted by Gasteiger charge is 2.11. The molecule has 2 aromatic carbocycles. The second-order valence-electron chi connectivity index (χ2n) is 6.12.